The van der Waals surface area contributed by atoms with Gasteiger partial charge in [0.1, 0.15) is 6.33 Å². The molecule has 0 fully saturated rings. The van der Waals surface area contributed by atoms with Crippen LogP contribution in [-0.2, 0) is 0 Å². The zero-order chi connectivity index (χ0) is 13.8. The van der Waals surface area contributed by atoms with Gasteiger partial charge >= 0.3 is 0 Å². The molecule has 1 unspecified atom stereocenters. The quantitative estimate of drug-likeness (QED) is 0.843. The molecule has 3 N–H and O–H groups in total. The van der Waals surface area contributed by atoms with Crippen LogP contribution in [0.4, 0.5) is 11.9 Å². The van der Waals surface area contributed by atoms with Crippen LogP contribution in [0.5, 0.6) is 0 Å². The predicted molar refractivity (Wildman–Crippen MR) is 73.9 cm³/mol. The zero-order valence-corrected chi connectivity index (χ0v) is 11.4. The highest BCUT2D eigenvalue weighted by Crippen LogP contribution is 2.11. The number of nitrogens with zero attached hydrogens (tertiary/aromatic N) is 5. The number of anilines is 2. The summed E-state index contributed by atoms with van der Waals surface area (Å²) < 4.78 is 1.69. The van der Waals surface area contributed by atoms with Crippen LogP contribution in [0.2, 0.25) is 0 Å². The van der Waals surface area contributed by atoms with Gasteiger partial charge < -0.3 is 11.1 Å². The van der Waals surface area contributed by atoms with Crippen molar-refractivity contribution < 1.29 is 0 Å². The first-order valence-electron chi connectivity index (χ1n) is 6.30. The molecular weight excluding hydrogens is 242 g/mol. The van der Waals surface area contributed by atoms with Crippen molar-refractivity contribution in [2.24, 2.45) is 11.8 Å². The summed E-state index contributed by atoms with van der Waals surface area (Å²) >= 11 is 0. The molecule has 0 radical (unpaired) electrons. The van der Waals surface area contributed by atoms with Crippen LogP contribution in [0.3, 0.4) is 0 Å². The Morgan fingerprint density at radius 1 is 1.26 bits per heavy atom. The van der Waals surface area contributed by atoms with Crippen molar-refractivity contribution in [3.05, 3.63) is 18.7 Å². The van der Waals surface area contributed by atoms with E-state index in [9.17, 15) is 0 Å². The number of imidazole rings is 1. The normalized spacial score (nSPS) is 12.6. The van der Waals surface area contributed by atoms with Gasteiger partial charge in [0.15, 0.2) is 0 Å². The van der Waals surface area contributed by atoms with Crippen molar-refractivity contribution in [3.8, 4) is 5.95 Å². The SMILES string of the molecule is CC(C)C(C)CNc1nc(N)nc(-n2ccnc2)n1. The Labute approximate surface area is 112 Å². The largest absolute Gasteiger partial charge is 0.368 e. The molecule has 0 aliphatic rings. The fraction of sp³-hybridized carbons (Fsp3) is 0.500. The molecule has 0 aromatic carbocycles. The van der Waals surface area contributed by atoms with E-state index in [2.05, 4.69) is 46.0 Å². The second kappa shape index (κ2) is 5.64. The van der Waals surface area contributed by atoms with Crippen LogP contribution in [0.1, 0.15) is 20.8 Å². The summed E-state index contributed by atoms with van der Waals surface area (Å²) in [6, 6.07) is 0. The Morgan fingerprint density at radius 2 is 2.05 bits per heavy atom. The van der Waals surface area contributed by atoms with E-state index < -0.39 is 0 Å². The maximum absolute atomic E-state index is 5.70. The van der Waals surface area contributed by atoms with Crippen LogP contribution >= 0.6 is 0 Å². The third-order valence-corrected chi connectivity index (χ3v) is 3.10. The van der Waals surface area contributed by atoms with Gasteiger partial charge in [0.25, 0.3) is 0 Å². The Bertz CT molecular complexity index is 521. The van der Waals surface area contributed by atoms with Crippen LogP contribution in [0.15, 0.2) is 18.7 Å². The van der Waals surface area contributed by atoms with Gasteiger partial charge in [0, 0.05) is 18.9 Å². The van der Waals surface area contributed by atoms with E-state index in [0.717, 1.165) is 6.54 Å². The summed E-state index contributed by atoms with van der Waals surface area (Å²) in [6.45, 7) is 7.35. The van der Waals surface area contributed by atoms with Crippen molar-refractivity contribution in [1.29, 1.82) is 0 Å². The molecule has 2 rings (SSSR count). The fourth-order valence-electron chi connectivity index (χ4n) is 1.44. The van der Waals surface area contributed by atoms with Gasteiger partial charge in [-0.25, -0.2) is 4.98 Å². The van der Waals surface area contributed by atoms with E-state index in [-0.39, 0.29) is 5.95 Å². The standard InChI is InChI=1S/C12H19N7/c1-8(2)9(3)6-15-11-16-10(13)17-12(18-11)19-5-4-14-7-19/h4-5,7-9H,6H2,1-3H3,(H3,13,15,16,17,18). The lowest BCUT2D eigenvalue weighted by Gasteiger charge is -2.16. The molecule has 0 saturated heterocycles. The van der Waals surface area contributed by atoms with Gasteiger partial charge in [-0.3, -0.25) is 4.57 Å². The average molecular weight is 261 g/mol. The third-order valence-electron chi connectivity index (χ3n) is 3.10. The molecule has 102 valence electrons. The van der Waals surface area contributed by atoms with Gasteiger partial charge in [-0.05, 0) is 11.8 Å². The molecule has 2 aromatic rings. The molecule has 7 nitrogen and oxygen atoms in total. The molecule has 1 atom stereocenters. The summed E-state index contributed by atoms with van der Waals surface area (Å²) in [7, 11) is 0. The molecule has 0 saturated carbocycles. The molecule has 2 aromatic heterocycles. The highest BCUT2D eigenvalue weighted by atomic mass is 15.3. The molecule has 0 aliphatic carbocycles. The summed E-state index contributed by atoms with van der Waals surface area (Å²) in [5, 5.41) is 3.19. The predicted octanol–water partition coefficient (Wildman–Crippen LogP) is 1.34. The van der Waals surface area contributed by atoms with Crippen molar-refractivity contribution in [2.45, 2.75) is 20.8 Å². The number of nitrogens with one attached hydrogen (secondary N) is 1. The van der Waals surface area contributed by atoms with Gasteiger partial charge in [-0.15, -0.1) is 0 Å². The molecule has 0 bridgehead atoms. The second-order valence-electron chi connectivity index (χ2n) is 4.89. The van der Waals surface area contributed by atoms with E-state index in [0.29, 0.717) is 23.7 Å². The third kappa shape index (κ3) is 3.40. The Hall–Kier alpha value is -2.18. The zero-order valence-electron chi connectivity index (χ0n) is 11.4. The van der Waals surface area contributed by atoms with Crippen LogP contribution in [0, 0.1) is 11.8 Å². The second-order valence-corrected chi connectivity index (χ2v) is 4.89. The number of nitrogens with two attached hydrogens (primary N) is 1. The smallest absolute Gasteiger partial charge is 0.241 e. The number of nitrogen functional groups attached to an aromatic ring is 1. The van der Waals surface area contributed by atoms with Crippen LogP contribution in [0.25, 0.3) is 5.95 Å². The van der Waals surface area contributed by atoms with Gasteiger partial charge in [-0.1, -0.05) is 20.8 Å². The lowest BCUT2D eigenvalue weighted by atomic mass is 9.98. The van der Waals surface area contributed by atoms with Crippen molar-refractivity contribution in [2.75, 3.05) is 17.6 Å². The van der Waals surface area contributed by atoms with E-state index in [4.69, 9.17) is 5.73 Å². The van der Waals surface area contributed by atoms with Crippen molar-refractivity contribution in [1.82, 2.24) is 24.5 Å². The van der Waals surface area contributed by atoms with Gasteiger partial charge in [0.05, 0.1) is 0 Å². The summed E-state index contributed by atoms with van der Waals surface area (Å²) in [6.07, 6.45) is 5.04. The van der Waals surface area contributed by atoms with E-state index in [1.54, 1.807) is 23.3 Å². The summed E-state index contributed by atoms with van der Waals surface area (Å²) in [4.78, 5) is 16.4. The van der Waals surface area contributed by atoms with E-state index in [1.165, 1.54) is 0 Å². The average Bonchev–Trinajstić information content (AvgIpc) is 2.89. The van der Waals surface area contributed by atoms with Crippen LogP contribution in [-0.4, -0.2) is 31.0 Å². The lowest BCUT2D eigenvalue weighted by molar-refractivity contribution is 0.439. The number of rotatable bonds is 5. The molecule has 0 spiro atoms. The number of aromatic nitrogens is 5. The van der Waals surface area contributed by atoms with Crippen molar-refractivity contribution >= 4 is 11.9 Å². The number of hydrogen-bond donors (Lipinski definition) is 2. The first kappa shape index (κ1) is 13.3. The molecule has 7 heteroatoms. The van der Waals surface area contributed by atoms with Gasteiger partial charge in [-0.2, -0.15) is 15.0 Å². The number of hydrogen-bond acceptors (Lipinski definition) is 6. The topological polar surface area (TPSA) is 94.5 Å². The summed E-state index contributed by atoms with van der Waals surface area (Å²) in [5.74, 6) is 2.27. The minimum atomic E-state index is 0.193. The Morgan fingerprint density at radius 3 is 2.68 bits per heavy atom. The molecular formula is C12H19N7. The maximum atomic E-state index is 5.70. The Kier molecular flexibility index (Phi) is 3.94. The molecule has 19 heavy (non-hydrogen) atoms. The fourth-order valence-corrected chi connectivity index (χ4v) is 1.44. The first-order valence-corrected chi connectivity index (χ1v) is 6.30. The first-order chi connectivity index (χ1) is 9.06. The summed E-state index contributed by atoms with van der Waals surface area (Å²) in [5.41, 5.74) is 5.70. The Balaban J connectivity index is 2.13. The monoisotopic (exact) mass is 261 g/mol. The lowest BCUT2D eigenvalue weighted by Crippen LogP contribution is -2.18. The highest BCUT2D eigenvalue weighted by molar-refractivity contribution is 5.35. The molecule has 2 heterocycles. The minimum Gasteiger partial charge on any atom is -0.368 e. The minimum absolute atomic E-state index is 0.193. The van der Waals surface area contributed by atoms with Crippen LogP contribution < -0.4 is 11.1 Å². The highest BCUT2D eigenvalue weighted by Gasteiger charge is 2.09. The van der Waals surface area contributed by atoms with E-state index in [1.807, 2.05) is 0 Å². The molecule has 0 amide bonds. The van der Waals surface area contributed by atoms with E-state index >= 15 is 0 Å². The maximum Gasteiger partial charge on any atom is 0.241 e. The van der Waals surface area contributed by atoms with Gasteiger partial charge in [0.2, 0.25) is 17.8 Å². The van der Waals surface area contributed by atoms with Crippen molar-refractivity contribution in [3.63, 3.8) is 0 Å². The molecule has 0 aliphatic heterocycles.